The van der Waals surface area contributed by atoms with Gasteiger partial charge in [0.2, 0.25) is 5.91 Å². The van der Waals surface area contributed by atoms with Crippen LogP contribution in [0.2, 0.25) is 0 Å². The summed E-state index contributed by atoms with van der Waals surface area (Å²) in [5.74, 6) is 0.283. The lowest BCUT2D eigenvalue weighted by molar-refractivity contribution is -0.121. The molecular weight excluding hydrogens is 519 g/mol. The van der Waals surface area contributed by atoms with E-state index in [-0.39, 0.29) is 12.5 Å². The van der Waals surface area contributed by atoms with Gasteiger partial charge in [0.25, 0.3) is 5.91 Å². The SMILES string of the molecule is COc1ccc(C2=NN(C3=NC(=O)[C@H](CC(=O)Nc4ccc(C)c(F)c4)S3)[C@@H](c3ccc(OC)cc3)C2)cc1. The predicted molar refractivity (Wildman–Crippen MR) is 150 cm³/mol. The number of aryl methyl sites for hydroxylation is 1. The highest BCUT2D eigenvalue weighted by Crippen LogP contribution is 2.39. The number of amidine groups is 1. The van der Waals surface area contributed by atoms with Crippen LogP contribution in [-0.4, -0.2) is 47.2 Å². The monoisotopic (exact) mass is 546 g/mol. The number of halogens is 1. The summed E-state index contributed by atoms with van der Waals surface area (Å²) in [6.07, 6.45) is 0.499. The minimum atomic E-state index is -0.702. The lowest BCUT2D eigenvalue weighted by atomic mass is 9.98. The number of hydrogen-bond donors (Lipinski definition) is 1. The van der Waals surface area contributed by atoms with Gasteiger partial charge in [-0.1, -0.05) is 30.0 Å². The molecule has 0 saturated heterocycles. The molecule has 0 aromatic heterocycles. The minimum Gasteiger partial charge on any atom is -0.497 e. The number of methoxy groups -OCH3 is 2. The van der Waals surface area contributed by atoms with E-state index in [1.54, 1.807) is 38.3 Å². The number of nitrogens with zero attached hydrogens (tertiary/aromatic N) is 3. The first-order chi connectivity index (χ1) is 18.8. The summed E-state index contributed by atoms with van der Waals surface area (Å²) in [4.78, 5) is 29.8. The number of hydrazone groups is 1. The van der Waals surface area contributed by atoms with E-state index in [0.29, 0.717) is 22.8 Å². The van der Waals surface area contributed by atoms with Crippen molar-refractivity contribution in [2.75, 3.05) is 19.5 Å². The number of hydrogen-bond acceptors (Lipinski definition) is 7. The van der Waals surface area contributed by atoms with Crippen LogP contribution >= 0.6 is 11.8 Å². The summed E-state index contributed by atoms with van der Waals surface area (Å²) in [5, 5.41) is 9.02. The minimum absolute atomic E-state index is 0.0951. The van der Waals surface area contributed by atoms with Crippen LogP contribution in [-0.2, 0) is 9.59 Å². The predicted octanol–water partition coefficient (Wildman–Crippen LogP) is 5.33. The molecule has 10 heteroatoms. The van der Waals surface area contributed by atoms with Gasteiger partial charge < -0.3 is 14.8 Å². The van der Waals surface area contributed by atoms with Gasteiger partial charge in [0.15, 0.2) is 5.17 Å². The molecule has 2 aliphatic rings. The van der Waals surface area contributed by atoms with Gasteiger partial charge in [0.1, 0.15) is 22.6 Å². The second-order valence-corrected chi connectivity index (χ2v) is 10.3. The second-order valence-electron chi connectivity index (χ2n) is 9.17. The van der Waals surface area contributed by atoms with Gasteiger partial charge in [-0.05, 0) is 72.1 Å². The normalized spacial score (nSPS) is 18.6. The quantitative estimate of drug-likeness (QED) is 0.431. The van der Waals surface area contributed by atoms with Gasteiger partial charge in [-0.25, -0.2) is 9.40 Å². The highest BCUT2D eigenvalue weighted by atomic mass is 32.2. The topological polar surface area (TPSA) is 92.6 Å². The molecule has 39 heavy (non-hydrogen) atoms. The standard InChI is InChI=1S/C29H27FN4O4S/c1-17-4-9-20(14-23(17)30)31-27(35)16-26-28(36)32-29(39-26)34-25(19-7-12-22(38-3)13-8-19)15-24(33-34)18-5-10-21(37-2)11-6-18/h4-14,25-26H,15-16H2,1-3H3,(H,31,35)/t25-,26+/m1/s1. The first kappa shape index (κ1) is 26.4. The Labute approximate surface area is 229 Å². The van der Waals surface area contributed by atoms with Crippen LogP contribution in [0.15, 0.2) is 76.8 Å². The lowest BCUT2D eigenvalue weighted by Crippen LogP contribution is -2.25. The number of rotatable bonds is 7. The summed E-state index contributed by atoms with van der Waals surface area (Å²) in [5.41, 5.74) is 3.60. The van der Waals surface area contributed by atoms with Gasteiger partial charge in [0, 0.05) is 18.5 Å². The average molecular weight is 547 g/mol. The fourth-order valence-corrected chi connectivity index (χ4v) is 5.45. The maximum Gasteiger partial charge on any atom is 0.262 e. The Balaban J connectivity index is 1.35. The number of anilines is 1. The number of carbonyl (C=O) groups excluding carboxylic acids is 2. The third kappa shape index (κ3) is 5.80. The van der Waals surface area contributed by atoms with E-state index in [2.05, 4.69) is 10.3 Å². The van der Waals surface area contributed by atoms with Crippen molar-refractivity contribution in [3.05, 3.63) is 89.2 Å². The van der Waals surface area contributed by atoms with Gasteiger partial charge in [-0.2, -0.15) is 10.1 Å². The van der Waals surface area contributed by atoms with Crippen molar-refractivity contribution >= 4 is 40.1 Å². The zero-order chi connectivity index (χ0) is 27.5. The van der Waals surface area contributed by atoms with Crippen molar-refractivity contribution < 1.29 is 23.5 Å². The molecular formula is C29H27FN4O4S. The fourth-order valence-electron chi connectivity index (χ4n) is 4.39. The van der Waals surface area contributed by atoms with Crippen LogP contribution in [0, 0.1) is 12.7 Å². The maximum atomic E-state index is 13.9. The molecule has 0 bridgehead atoms. The molecule has 3 aromatic rings. The molecule has 2 aliphatic heterocycles. The second kappa shape index (κ2) is 11.3. The molecule has 2 heterocycles. The zero-order valence-corrected chi connectivity index (χ0v) is 22.5. The van der Waals surface area contributed by atoms with E-state index in [0.717, 1.165) is 28.3 Å². The Morgan fingerprint density at radius 2 is 1.72 bits per heavy atom. The van der Waals surface area contributed by atoms with Crippen LogP contribution < -0.4 is 14.8 Å². The number of thioether (sulfide) groups is 1. The Kier molecular flexibility index (Phi) is 7.65. The Hall–Kier alpha value is -4.18. The maximum absolute atomic E-state index is 13.9. The van der Waals surface area contributed by atoms with Gasteiger partial charge >= 0.3 is 0 Å². The van der Waals surface area contributed by atoms with Crippen LogP contribution in [0.1, 0.15) is 35.6 Å². The van der Waals surface area contributed by atoms with Crippen molar-refractivity contribution in [2.24, 2.45) is 10.1 Å². The molecule has 0 spiro atoms. The molecule has 0 saturated carbocycles. The van der Waals surface area contributed by atoms with Crippen LogP contribution in [0.3, 0.4) is 0 Å². The highest BCUT2D eigenvalue weighted by Gasteiger charge is 2.39. The van der Waals surface area contributed by atoms with E-state index < -0.39 is 22.9 Å². The number of benzene rings is 3. The van der Waals surface area contributed by atoms with Crippen molar-refractivity contribution in [3.8, 4) is 11.5 Å². The van der Waals surface area contributed by atoms with E-state index in [4.69, 9.17) is 14.6 Å². The zero-order valence-electron chi connectivity index (χ0n) is 21.7. The third-order valence-corrected chi connectivity index (χ3v) is 7.73. The number of amides is 2. The fraction of sp³-hybridized carbons (Fsp3) is 0.241. The molecule has 1 N–H and O–H groups in total. The summed E-state index contributed by atoms with van der Waals surface area (Å²) >= 11 is 1.21. The molecule has 3 aromatic carbocycles. The first-order valence-corrected chi connectivity index (χ1v) is 13.2. The molecule has 2 amide bonds. The van der Waals surface area contributed by atoms with Crippen molar-refractivity contribution in [1.82, 2.24) is 5.01 Å². The molecule has 5 rings (SSSR count). The molecule has 8 nitrogen and oxygen atoms in total. The van der Waals surface area contributed by atoms with Crippen LogP contribution in [0.25, 0.3) is 0 Å². The summed E-state index contributed by atoms with van der Waals surface area (Å²) in [6, 6.07) is 19.6. The van der Waals surface area contributed by atoms with Crippen LogP contribution in [0.4, 0.5) is 10.1 Å². The van der Waals surface area contributed by atoms with Crippen molar-refractivity contribution in [1.29, 1.82) is 0 Å². The average Bonchev–Trinajstić information content (AvgIpc) is 3.54. The van der Waals surface area contributed by atoms with Gasteiger partial charge in [0.05, 0.1) is 26.0 Å². The number of nitrogens with one attached hydrogen (secondary N) is 1. The van der Waals surface area contributed by atoms with E-state index >= 15 is 0 Å². The highest BCUT2D eigenvalue weighted by molar-refractivity contribution is 8.15. The van der Waals surface area contributed by atoms with Crippen molar-refractivity contribution in [2.45, 2.75) is 31.1 Å². The molecule has 0 radical (unpaired) electrons. The van der Waals surface area contributed by atoms with Crippen LogP contribution in [0.5, 0.6) is 11.5 Å². The van der Waals surface area contributed by atoms with Crippen molar-refractivity contribution in [3.63, 3.8) is 0 Å². The molecule has 0 fully saturated rings. The molecule has 0 aliphatic carbocycles. The third-order valence-electron chi connectivity index (χ3n) is 6.59. The lowest BCUT2D eigenvalue weighted by Gasteiger charge is -2.23. The van der Waals surface area contributed by atoms with E-state index in [9.17, 15) is 14.0 Å². The molecule has 0 unspecified atom stereocenters. The first-order valence-electron chi connectivity index (χ1n) is 12.3. The molecule has 2 atom stereocenters. The number of carbonyl (C=O) groups is 2. The number of ether oxygens (including phenoxy) is 2. The largest absolute Gasteiger partial charge is 0.497 e. The summed E-state index contributed by atoms with van der Waals surface area (Å²) in [7, 11) is 3.23. The van der Waals surface area contributed by atoms with Gasteiger partial charge in [-0.3, -0.25) is 9.59 Å². The van der Waals surface area contributed by atoms with E-state index in [1.165, 1.54) is 17.8 Å². The Morgan fingerprint density at radius 3 is 2.36 bits per heavy atom. The Bertz CT molecular complexity index is 1460. The Morgan fingerprint density at radius 1 is 1.05 bits per heavy atom. The summed E-state index contributed by atoms with van der Waals surface area (Å²) < 4.78 is 24.5. The molecule has 200 valence electrons. The smallest absolute Gasteiger partial charge is 0.262 e. The van der Waals surface area contributed by atoms with Gasteiger partial charge in [-0.15, -0.1) is 0 Å². The summed E-state index contributed by atoms with van der Waals surface area (Å²) in [6.45, 7) is 1.65. The number of aliphatic imine (C=N–C) groups is 1. The van der Waals surface area contributed by atoms with E-state index in [1.807, 2.05) is 48.5 Å².